The van der Waals surface area contributed by atoms with Gasteiger partial charge in [-0.2, -0.15) is 0 Å². The van der Waals surface area contributed by atoms with Gasteiger partial charge < -0.3 is 10.0 Å². The number of nitrogens with zero attached hydrogens (tertiary/aromatic N) is 2. The molecule has 1 aliphatic rings. The van der Waals surface area contributed by atoms with Crippen molar-refractivity contribution >= 4 is 28.6 Å². The fourth-order valence-corrected chi connectivity index (χ4v) is 3.82. The minimum atomic E-state index is -0.0185. The van der Waals surface area contributed by atoms with Gasteiger partial charge in [-0.25, -0.2) is 4.98 Å². The van der Waals surface area contributed by atoms with Crippen LogP contribution < -0.4 is 0 Å². The molecule has 0 aromatic carbocycles. The Bertz CT molecular complexity index is 565. The number of aliphatic hydroxyl groups excluding tert-OH is 1. The first-order valence-corrected chi connectivity index (χ1v) is 7.93. The number of thiazole rings is 1. The Hall–Kier alpha value is -1.24. The number of amides is 1. The maximum absolute atomic E-state index is 12.3. The van der Waals surface area contributed by atoms with Crippen molar-refractivity contribution in [2.75, 3.05) is 19.7 Å². The first-order chi connectivity index (χ1) is 9.28. The van der Waals surface area contributed by atoms with E-state index in [1.165, 1.54) is 11.3 Å². The molecular weight excluding hydrogens is 280 g/mol. The summed E-state index contributed by atoms with van der Waals surface area (Å²) in [6, 6.07) is 3.99. The molecule has 0 saturated carbocycles. The number of rotatable bonds is 3. The van der Waals surface area contributed by atoms with Crippen molar-refractivity contribution in [1.29, 1.82) is 0 Å². The molecule has 6 heteroatoms. The summed E-state index contributed by atoms with van der Waals surface area (Å²) in [6.45, 7) is 1.51. The van der Waals surface area contributed by atoms with Gasteiger partial charge in [-0.1, -0.05) is 6.07 Å². The average molecular weight is 294 g/mol. The Balaban J connectivity index is 1.74. The average Bonchev–Trinajstić information content (AvgIpc) is 3.16. The lowest BCUT2D eigenvalue weighted by Crippen LogP contribution is -2.29. The van der Waals surface area contributed by atoms with Gasteiger partial charge in [-0.15, -0.1) is 22.7 Å². The Morgan fingerprint density at radius 2 is 2.42 bits per heavy atom. The Morgan fingerprint density at radius 1 is 1.53 bits per heavy atom. The molecule has 4 nitrogen and oxygen atoms in total. The first kappa shape index (κ1) is 12.8. The van der Waals surface area contributed by atoms with Crippen molar-refractivity contribution < 1.29 is 9.90 Å². The van der Waals surface area contributed by atoms with Crippen molar-refractivity contribution in [3.63, 3.8) is 0 Å². The lowest BCUT2D eigenvalue weighted by molar-refractivity contribution is 0.0777. The number of thiophene rings is 1. The molecule has 0 aliphatic carbocycles. The summed E-state index contributed by atoms with van der Waals surface area (Å²) in [5, 5.41) is 13.8. The van der Waals surface area contributed by atoms with Gasteiger partial charge in [0.25, 0.3) is 5.91 Å². The molecule has 3 rings (SSSR count). The predicted molar refractivity (Wildman–Crippen MR) is 76.5 cm³/mol. The van der Waals surface area contributed by atoms with E-state index in [0.717, 1.165) is 22.9 Å². The van der Waals surface area contributed by atoms with Gasteiger partial charge in [0, 0.05) is 31.0 Å². The van der Waals surface area contributed by atoms with E-state index in [0.29, 0.717) is 12.2 Å². The van der Waals surface area contributed by atoms with Crippen LogP contribution >= 0.6 is 22.7 Å². The van der Waals surface area contributed by atoms with E-state index in [1.807, 2.05) is 22.9 Å². The number of carbonyl (C=O) groups is 1. The SMILES string of the molecule is O=C(c1csc(-c2cccs2)n1)N1CCC(CO)C1. The highest BCUT2D eigenvalue weighted by atomic mass is 32.1. The van der Waals surface area contributed by atoms with Crippen LogP contribution in [0.4, 0.5) is 0 Å². The van der Waals surface area contributed by atoms with E-state index in [-0.39, 0.29) is 18.4 Å². The number of aromatic nitrogens is 1. The van der Waals surface area contributed by atoms with E-state index < -0.39 is 0 Å². The molecule has 1 unspecified atom stereocenters. The highest BCUT2D eigenvalue weighted by molar-refractivity contribution is 7.20. The fourth-order valence-electron chi connectivity index (χ4n) is 2.21. The van der Waals surface area contributed by atoms with Crippen molar-refractivity contribution in [3.05, 3.63) is 28.6 Å². The van der Waals surface area contributed by atoms with Crippen LogP contribution in [0.5, 0.6) is 0 Å². The van der Waals surface area contributed by atoms with Gasteiger partial charge in [-0.05, 0) is 17.9 Å². The maximum Gasteiger partial charge on any atom is 0.273 e. The first-order valence-electron chi connectivity index (χ1n) is 6.17. The van der Waals surface area contributed by atoms with Crippen molar-refractivity contribution in [2.24, 2.45) is 5.92 Å². The zero-order valence-electron chi connectivity index (χ0n) is 10.3. The minimum Gasteiger partial charge on any atom is -0.396 e. The third kappa shape index (κ3) is 2.56. The van der Waals surface area contributed by atoms with Crippen LogP contribution in [0.15, 0.2) is 22.9 Å². The topological polar surface area (TPSA) is 53.4 Å². The number of likely N-dealkylation sites (tertiary alicyclic amines) is 1. The molecule has 0 radical (unpaired) electrons. The number of carbonyl (C=O) groups excluding carboxylic acids is 1. The quantitative estimate of drug-likeness (QED) is 0.945. The van der Waals surface area contributed by atoms with Gasteiger partial charge in [0.1, 0.15) is 10.7 Å². The largest absolute Gasteiger partial charge is 0.396 e. The monoisotopic (exact) mass is 294 g/mol. The minimum absolute atomic E-state index is 0.0185. The van der Waals surface area contributed by atoms with Crippen LogP contribution in [0.3, 0.4) is 0 Å². The maximum atomic E-state index is 12.3. The van der Waals surface area contributed by atoms with E-state index in [4.69, 9.17) is 5.11 Å². The second-order valence-corrected chi connectivity index (χ2v) is 6.41. The molecule has 2 aromatic heterocycles. The summed E-state index contributed by atoms with van der Waals surface area (Å²) >= 11 is 3.13. The molecule has 1 N–H and O–H groups in total. The molecule has 100 valence electrons. The van der Waals surface area contributed by atoms with Gasteiger partial charge in [-0.3, -0.25) is 4.79 Å². The lowest BCUT2D eigenvalue weighted by Gasteiger charge is -2.14. The van der Waals surface area contributed by atoms with Crippen LogP contribution in [0.25, 0.3) is 9.88 Å². The van der Waals surface area contributed by atoms with Crippen LogP contribution in [0.2, 0.25) is 0 Å². The molecule has 1 aliphatic heterocycles. The molecule has 1 saturated heterocycles. The predicted octanol–water partition coefficient (Wildman–Crippen LogP) is 2.33. The number of aliphatic hydroxyl groups is 1. The van der Waals surface area contributed by atoms with Crippen LogP contribution in [-0.4, -0.2) is 40.6 Å². The summed E-state index contributed by atoms with van der Waals surface area (Å²) in [5.74, 6) is 0.203. The summed E-state index contributed by atoms with van der Waals surface area (Å²) in [7, 11) is 0. The molecule has 3 heterocycles. The zero-order valence-corrected chi connectivity index (χ0v) is 11.9. The molecule has 1 atom stereocenters. The molecule has 1 fully saturated rings. The van der Waals surface area contributed by atoms with Crippen LogP contribution in [0.1, 0.15) is 16.9 Å². The van der Waals surface area contributed by atoms with E-state index >= 15 is 0 Å². The van der Waals surface area contributed by atoms with Gasteiger partial charge >= 0.3 is 0 Å². The molecule has 0 bridgehead atoms. The van der Waals surface area contributed by atoms with E-state index in [2.05, 4.69) is 4.98 Å². The molecule has 1 amide bonds. The fraction of sp³-hybridized carbons (Fsp3) is 0.385. The number of hydrogen-bond acceptors (Lipinski definition) is 5. The van der Waals surface area contributed by atoms with Crippen LogP contribution in [0, 0.1) is 5.92 Å². The molecule has 0 spiro atoms. The molecular formula is C13H14N2O2S2. The summed E-state index contributed by atoms with van der Waals surface area (Å²) < 4.78 is 0. The zero-order chi connectivity index (χ0) is 13.2. The third-order valence-electron chi connectivity index (χ3n) is 3.29. The standard InChI is InChI=1S/C13H14N2O2S2/c16-7-9-3-4-15(6-9)13(17)10-8-19-12(14-10)11-2-1-5-18-11/h1-2,5,8-9,16H,3-4,6-7H2. The van der Waals surface area contributed by atoms with E-state index in [1.54, 1.807) is 16.2 Å². The van der Waals surface area contributed by atoms with Crippen molar-refractivity contribution in [1.82, 2.24) is 9.88 Å². The van der Waals surface area contributed by atoms with Gasteiger partial charge in [0.15, 0.2) is 0 Å². The summed E-state index contributed by atoms with van der Waals surface area (Å²) in [6.07, 6.45) is 0.879. The van der Waals surface area contributed by atoms with Crippen LogP contribution in [-0.2, 0) is 0 Å². The van der Waals surface area contributed by atoms with E-state index in [9.17, 15) is 4.79 Å². The Kier molecular flexibility index (Phi) is 3.63. The van der Waals surface area contributed by atoms with Gasteiger partial charge in [0.2, 0.25) is 0 Å². The second kappa shape index (κ2) is 5.40. The second-order valence-electron chi connectivity index (χ2n) is 4.60. The number of hydrogen-bond donors (Lipinski definition) is 1. The smallest absolute Gasteiger partial charge is 0.273 e. The third-order valence-corrected chi connectivity index (χ3v) is 5.17. The van der Waals surface area contributed by atoms with Crippen molar-refractivity contribution in [2.45, 2.75) is 6.42 Å². The molecule has 2 aromatic rings. The highest BCUT2D eigenvalue weighted by Gasteiger charge is 2.27. The normalized spacial score (nSPS) is 19.0. The molecule has 19 heavy (non-hydrogen) atoms. The Labute approximate surface area is 119 Å². The summed E-state index contributed by atoms with van der Waals surface area (Å²) in [4.78, 5) is 19.6. The highest BCUT2D eigenvalue weighted by Crippen LogP contribution is 2.28. The van der Waals surface area contributed by atoms with Gasteiger partial charge in [0.05, 0.1) is 4.88 Å². The Morgan fingerprint density at radius 3 is 3.11 bits per heavy atom. The lowest BCUT2D eigenvalue weighted by atomic mass is 10.1. The van der Waals surface area contributed by atoms with Crippen molar-refractivity contribution in [3.8, 4) is 9.88 Å². The summed E-state index contributed by atoms with van der Waals surface area (Å²) in [5.41, 5.74) is 0.520.